The van der Waals surface area contributed by atoms with Gasteiger partial charge in [-0.1, -0.05) is 20.8 Å². The lowest BCUT2D eigenvalue weighted by Crippen LogP contribution is -2.34. The second-order valence-corrected chi connectivity index (χ2v) is 4.60. The maximum atomic E-state index is 5.32. The zero-order valence-corrected chi connectivity index (χ0v) is 11.4. The molecule has 1 unspecified atom stereocenters. The van der Waals surface area contributed by atoms with Crippen molar-refractivity contribution < 1.29 is 4.74 Å². The summed E-state index contributed by atoms with van der Waals surface area (Å²) in [5, 5.41) is 3.52. The van der Waals surface area contributed by atoms with Crippen molar-refractivity contribution in [2.45, 2.75) is 39.7 Å². The van der Waals surface area contributed by atoms with Crippen molar-refractivity contribution in [3.8, 4) is 5.75 Å². The number of rotatable bonds is 7. The first-order valence-corrected chi connectivity index (χ1v) is 6.40. The maximum Gasteiger partial charge on any atom is 0.140 e. The largest absolute Gasteiger partial charge is 0.495 e. The van der Waals surface area contributed by atoms with Gasteiger partial charge in [-0.25, -0.2) is 0 Å². The SMILES string of the molecule is CCNC(CCc1ncccc1OC)C(C)C. The second kappa shape index (κ2) is 7.28. The molecule has 0 fully saturated rings. The zero-order chi connectivity index (χ0) is 12.7. The molecule has 0 saturated heterocycles. The molecule has 1 atom stereocenters. The Bertz CT molecular complexity index is 326. The molecule has 1 N–H and O–H groups in total. The normalized spacial score (nSPS) is 12.8. The molecule has 0 aliphatic carbocycles. The Balaban J connectivity index is 2.58. The van der Waals surface area contributed by atoms with Gasteiger partial charge in [0.05, 0.1) is 12.8 Å². The van der Waals surface area contributed by atoms with Crippen LogP contribution in [0.15, 0.2) is 18.3 Å². The molecule has 0 aliphatic rings. The highest BCUT2D eigenvalue weighted by Gasteiger charge is 2.13. The summed E-state index contributed by atoms with van der Waals surface area (Å²) in [6, 6.07) is 4.43. The second-order valence-electron chi connectivity index (χ2n) is 4.60. The van der Waals surface area contributed by atoms with Crippen LogP contribution < -0.4 is 10.1 Å². The summed E-state index contributed by atoms with van der Waals surface area (Å²) in [6.07, 6.45) is 3.88. The van der Waals surface area contributed by atoms with Gasteiger partial charge in [-0.2, -0.15) is 0 Å². The minimum absolute atomic E-state index is 0.548. The summed E-state index contributed by atoms with van der Waals surface area (Å²) in [5.74, 6) is 1.54. The van der Waals surface area contributed by atoms with Crippen LogP contribution in [-0.4, -0.2) is 24.7 Å². The third kappa shape index (κ3) is 4.35. The molecule has 0 amide bonds. The van der Waals surface area contributed by atoms with Crippen molar-refractivity contribution in [3.63, 3.8) is 0 Å². The van der Waals surface area contributed by atoms with Crippen molar-refractivity contribution in [2.75, 3.05) is 13.7 Å². The van der Waals surface area contributed by atoms with E-state index in [-0.39, 0.29) is 0 Å². The lowest BCUT2D eigenvalue weighted by atomic mass is 9.98. The average Bonchev–Trinajstić information content (AvgIpc) is 2.34. The third-order valence-corrected chi connectivity index (χ3v) is 3.03. The van der Waals surface area contributed by atoms with Gasteiger partial charge in [-0.15, -0.1) is 0 Å². The number of ether oxygens (including phenoxy) is 1. The highest BCUT2D eigenvalue weighted by Crippen LogP contribution is 2.18. The highest BCUT2D eigenvalue weighted by molar-refractivity contribution is 5.26. The van der Waals surface area contributed by atoms with Crippen LogP contribution in [0.3, 0.4) is 0 Å². The van der Waals surface area contributed by atoms with Gasteiger partial charge in [0.25, 0.3) is 0 Å². The Labute approximate surface area is 105 Å². The molecular weight excluding hydrogens is 212 g/mol. The van der Waals surface area contributed by atoms with E-state index in [0.717, 1.165) is 30.8 Å². The third-order valence-electron chi connectivity index (χ3n) is 3.03. The van der Waals surface area contributed by atoms with Crippen molar-refractivity contribution in [1.82, 2.24) is 10.3 Å². The number of methoxy groups -OCH3 is 1. The number of nitrogens with zero attached hydrogens (tertiary/aromatic N) is 1. The van der Waals surface area contributed by atoms with Crippen molar-refractivity contribution in [2.24, 2.45) is 5.92 Å². The molecule has 0 aliphatic heterocycles. The first-order valence-electron chi connectivity index (χ1n) is 6.40. The van der Waals surface area contributed by atoms with E-state index in [1.807, 2.05) is 18.3 Å². The fourth-order valence-corrected chi connectivity index (χ4v) is 2.02. The number of aromatic nitrogens is 1. The van der Waals surface area contributed by atoms with Crippen molar-refractivity contribution >= 4 is 0 Å². The van der Waals surface area contributed by atoms with Crippen LogP contribution in [0.4, 0.5) is 0 Å². The van der Waals surface area contributed by atoms with E-state index in [1.54, 1.807) is 7.11 Å². The van der Waals surface area contributed by atoms with Crippen molar-refractivity contribution in [3.05, 3.63) is 24.0 Å². The Morgan fingerprint density at radius 3 is 2.76 bits per heavy atom. The predicted molar refractivity (Wildman–Crippen MR) is 71.4 cm³/mol. The van der Waals surface area contributed by atoms with Crippen LogP contribution in [0, 0.1) is 5.92 Å². The van der Waals surface area contributed by atoms with Gasteiger partial charge < -0.3 is 10.1 Å². The van der Waals surface area contributed by atoms with Crippen LogP contribution in [0.2, 0.25) is 0 Å². The van der Waals surface area contributed by atoms with Gasteiger partial charge in [-0.05, 0) is 37.4 Å². The summed E-state index contributed by atoms with van der Waals surface area (Å²) in [6.45, 7) is 7.67. The molecule has 3 heteroatoms. The standard InChI is InChI=1S/C14H24N2O/c1-5-15-12(11(2)3)8-9-13-14(17-4)7-6-10-16-13/h6-7,10-12,15H,5,8-9H2,1-4H3. The van der Waals surface area contributed by atoms with E-state index in [0.29, 0.717) is 12.0 Å². The van der Waals surface area contributed by atoms with Crippen LogP contribution in [0.25, 0.3) is 0 Å². The van der Waals surface area contributed by atoms with E-state index in [1.165, 1.54) is 0 Å². The summed E-state index contributed by atoms with van der Waals surface area (Å²) in [5.41, 5.74) is 1.05. The zero-order valence-electron chi connectivity index (χ0n) is 11.4. The van der Waals surface area contributed by atoms with E-state index in [9.17, 15) is 0 Å². The van der Waals surface area contributed by atoms with Crippen LogP contribution in [0.5, 0.6) is 5.75 Å². The first kappa shape index (κ1) is 14.0. The molecule has 0 spiro atoms. The van der Waals surface area contributed by atoms with E-state index in [2.05, 4.69) is 31.1 Å². The molecule has 1 aromatic rings. The minimum atomic E-state index is 0.548. The number of hydrogen-bond acceptors (Lipinski definition) is 3. The molecule has 0 aromatic carbocycles. The minimum Gasteiger partial charge on any atom is -0.495 e. The number of pyridine rings is 1. The molecule has 96 valence electrons. The van der Waals surface area contributed by atoms with Crippen LogP contribution in [-0.2, 0) is 6.42 Å². The lowest BCUT2D eigenvalue weighted by molar-refractivity contribution is 0.375. The molecule has 0 radical (unpaired) electrons. The number of aryl methyl sites for hydroxylation is 1. The summed E-state index contributed by atoms with van der Waals surface area (Å²) in [7, 11) is 1.70. The highest BCUT2D eigenvalue weighted by atomic mass is 16.5. The summed E-state index contributed by atoms with van der Waals surface area (Å²) >= 11 is 0. The van der Waals surface area contributed by atoms with Crippen molar-refractivity contribution in [1.29, 1.82) is 0 Å². The molecule has 3 nitrogen and oxygen atoms in total. The van der Waals surface area contributed by atoms with Gasteiger partial charge >= 0.3 is 0 Å². The monoisotopic (exact) mass is 236 g/mol. The summed E-state index contributed by atoms with van der Waals surface area (Å²) < 4.78 is 5.32. The maximum absolute atomic E-state index is 5.32. The number of nitrogens with one attached hydrogen (secondary N) is 1. The van der Waals surface area contributed by atoms with Gasteiger partial charge in [0.15, 0.2) is 0 Å². The molecule has 1 aromatic heterocycles. The smallest absolute Gasteiger partial charge is 0.140 e. The first-order chi connectivity index (χ1) is 8.19. The quantitative estimate of drug-likeness (QED) is 0.790. The fourth-order valence-electron chi connectivity index (χ4n) is 2.02. The van der Waals surface area contributed by atoms with Crippen LogP contribution in [0.1, 0.15) is 32.9 Å². The molecule has 17 heavy (non-hydrogen) atoms. The molecule has 1 rings (SSSR count). The Kier molecular flexibility index (Phi) is 5.98. The topological polar surface area (TPSA) is 34.2 Å². The van der Waals surface area contributed by atoms with E-state index >= 15 is 0 Å². The lowest BCUT2D eigenvalue weighted by Gasteiger charge is -2.21. The van der Waals surface area contributed by atoms with Gasteiger partial charge in [-0.3, -0.25) is 4.98 Å². The Hall–Kier alpha value is -1.09. The molecular formula is C14H24N2O. The van der Waals surface area contributed by atoms with E-state index in [4.69, 9.17) is 4.74 Å². The fraction of sp³-hybridized carbons (Fsp3) is 0.643. The molecule has 1 heterocycles. The number of hydrogen-bond donors (Lipinski definition) is 1. The summed E-state index contributed by atoms with van der Waals surface area (Å²) in [4.78, 5) is 4.39. The van der Waals surface area contributed by atoms with Gasteiger partial charge in [0.1, 0.15) is 5.75 Å². The average molecular weight is 236 g/mol. The Morgan fingerprint density at radius 2 is 2.18 bits per heavy atom. The van der Waals surface area contributed by atoms with Gasteiger partial charge in [0, 0.05) is 12.2 Å². The van der Waals surface area contributed by atoms with Gasteiger partial charge in [0.2, 0.25) is 0 Å². The molecule has 0 saturated carbocycles. The van der Waals surface area contributed by atoms with E-state index < -0.39 is 0 Å². The van der Waals surface area contributed by atoms with Crippen LogP contribution >= 0.6 is 0 Å². The molecule has 0 bridgehead atoms. The predicted octanol–water partition coefficient (Wildman–Crippen LogP) is 2.66. The Morgan fingerprint density at radius 1 is 1.41 bits per heavy atom.